The van der Waals surface area contributed by atoms with Crippen LogP contribution in [-0.4, -0.2) is 5.71 Å². The normalized spacial score (nSPS) is 16.5. The van der Waals surface area contributed by atoms with Gasteiger partial charge >= 0.3 is 0 Å². The van der Waals surface area contributed by atoms with Crippen molar-refractivity contribution in [1.82, 2.24) is 0 Å². The molecule has 0 saturated carbocycles. The van der Waals surface area contributed by atoms with E-state index < -0.39 is 0 Å². The Kier molecular flexibility index (Phi) is 4.57. The second-order valence-corrected chi connectivity index (χ2v) is 7.48. The monoisotopic (exact) mass is 329 g/mol. The fourth-order valence-corrected chi connectivity index (χ4v) is 4.38. The Balaban J connectivity index is 1.76. The summed E-state index contributed by atoms with van der Waals surface area (Å²) in [5.74, 6) is 0. The van der Waals surface area contributed by atoms with Crippen LogP contribution in [0.1, 0.15) is 71.6 Å². The first-order valence-electron chi connectivity index (χ1n) is 9.76. The standard InChI is InChI=1S/C24H27N/c1-2-7-21-14-19-10-5-6-11-20(19)16-23(21)24(25)22-13-12-17-8-3-4-9-18(17)15-22/h2,7,12-16,25H,3-6,8-11H2,1H3/b7-2-,25-24?. The van der Waals surface area contributed by atoms with E-state index in [1.54, 1.807) is 0 Å². The average Bonchev–Trinajstić information content (AvgIpc) is 2.67. The van der Waals surface area contributed by atoms with Crippen LogP contribution in [0.4, 0.5) is 0 Å². The van der Waals surface area contributed by atoms with Crippen molar-refractivity contribution in [3.8, 4) is 0 Å². The molecule has 0 atom stereocenters. The maximum Gasteiger partial charge on any atom is 0.0690 e. The van der Waals surface area contributed by atoms with Gasteiger partial charge in [0.15, 0.2) is 0 Å². The van der Waals surface area contributed by atoms with Crippen molar-refractivity contribution in [3.63, 3.8) is 0 Å². The zero-order chi connectivity index (χ0) is 17.2. The minimum atomic E-state index is 0.676. The van der Waals surface area contributed by atoms with Crippen LogP contribution in [0, 0.1) is 5.41 Å². The molecule has 2 aromatic carbocycles. The van der Waals surface area contributed by atoms with Gasteiger partial charge in [0.05, 0.1) is 5.71 Å². The van der Waals surface area contributed by atoms with Crippen molar-refractivity contribution in [3.05, 3.63) is 75.4 Å². The van der Waals surface area contributed by atoms with Gasteiger partial charge in [-0.3, -0.25) is 5.41 Å². The highest BCUT2D eigenvalue weighted by atomic mass is 14.4. The van der Waals surface area contributed by atoms with Crippen LogP contribution in [-0.2, 0) is 25.7 Å². The van der Waals surface area contributed by atoms with Crippen molar-refractivity contribution >= 4 is 11.8 Å². The first-order chi connectivity index (χ1) is 12.3. The first-order valence-corrected chi connectivity index (χ1v) is 9.76. The van der Waals surface area contributed by atoms with Gasteiger partial charge in [-0.05, 0) is 98.2 Å². The fraction of sp³-hybridized carbons (Fsp3) is 0.375. The molecule has 25 heavy (non-hydrogen) atoms. The lowest BCUT2D eigenvalue weighted by atomic mass is 9.84. The van der Waals surface area contributed by atoms with E-state index in [0.29, 0.717) is 5.71 Å². The molecular formula is C24H27N. The first kappa shape index (κ1) is 16.3. The summed E-state index contributed by atoms with van der Waals surface area (Å²) in [6, 6.07) is 11.3. The molecule has 0 aromatic heterocycles. The molecule has 0 radical (unpaired) electrons. The number of nitrogens with one attached hydrogen (secondary N) is 1. The SMILES string of the molecule is C/C=C\c1cc2c(cc1C(=N)c1ccc3c(c1)CCCC3)CCCC2. The fourth-order valence-electron chi connectivity index (χ4n) is 4.38. The Morgan fingerprint density at radius 3 is 2.08 bits per heavy atom. The molecule has 1 N–H and O–H groups in total. The number of hydrogen-bond donors (Lipinski definition) is 1. The van der Waals surface area contributed by atoms with Gasteiger partial charge in [-0.15, -0.1) is 0 Å². The molecule has 0 amide bonds. The van der Waals surface area contributed by atoms with E-state index in [2.05, 4.69) is 49.4 Å². The number of fused-ring (bicyclic) bond motifs is 2. The highest BCUT2D eigenvalue weighted by molar-refractivity contribution is 6.13. The molecule has 1 heteroatoms. The van der Waals surface area contributed by atoms with Crippen molar-refractivity contribution in [2.75, 3.05) is 0 Å². The summed E-state index contributed by atoms with van der Waals surface area (Å²) < 4.78 is 0. The minimum Gasteiger partial charge on any atom is -0.300 e. The molecule has 0 spiro atoms. The number of allylic oxidation sites excluding steroid dienone is 1. The number of aryl methyl sites for hydroxylation is 4. The Hall–Kier alpha value is -2.15. The highest BCUT2D eigenvalue weighted by Gasteiger charge is 2.17. The molecule has 0 unspecified atom stereocenters. The quantitative estimate of drug-likeness (QED) is 0.679. The Morgan fingerprint density at radius 2 is 1.40 bits per heavy atom. The van der Waals surface area contributed by atoms with Crippen LogP contribution in [0.3, 0.4) is 0 Å². The van der Waals surface area contributed by atoms with E-state index in [-0.39, 0.29) is 0 Å². The van der Waals surface area contributed by atoms with Crippen LogP contribution >= 0.6 is 0 Å². The lowest BCUT2D eigenvalue weighted by Crippen LogP contribution is -2.11. The third kappa shape index (κ3) is 3.20. The summed E-state index contributed by atoms with van der Waals surface area (Å²) in [6.07, 6.45) is 14.1. The van der Waals surface area contributed by atoms with Crippen LogP contribution in [0.5, 0.6) is 0 Å². The molecule has 2 aliphatic carbocycles. The largest absolute Gasteiger partial charge is 0.300 e. The number of hydrogen-bond acceptors (Lipinski definition) is 1. The predicted molar refractivity (Wildman–Crippen MR) is 107 cm³/mol. The molecule has 0 fully saturated rings. The Morgan fingerprint density at radius 1 is 0.800 bits per heavy atom. The summed E-state index contributed by atoms with van der Waals surface area (Å²) in [4.78, 5) is 0. The van der Waals surface area contributed by atoms with E-state index in [1.807, 2.05) is 0 Å². The molecule has 2 aliphatic rings. The van der Waals surface area contributed by atoms with Crippen LogP contribution in [0.15, 0.2) is 36.4 Å². The van der Waals surface area contributed by atoms with E-state index in [4.69, 9.17) is 5.41 Å². The Bertz CT molecular complexity index is 841. The van der Waals surface area contributed by atoms with Crippen molar-refractivity contribution in [2.45, 2.75) is 58.3 Å². The molecular weight excluding hydrogens is 302 g/mol. The van der Waals surface area contributed by atoms with E-state index >= 15 is 0 Å². The maximum atomic E-state index is 8.89. The smallest absolute Gasteiger partial charge is 0.0690 e. The van der Waals surface area contributed by atoms with Gasteiger partial charge in [-0.25, -0.2) is 0 Å². The molecule has 0 saturated heterocycles. The average molecular weight is 329 g/mol. The zero-order valence-electron chi connectivity index (χ0n) is 15.2. The van der Waals surface area contributed by atoms with Gasteiger partial charge in [-0.1, -0.05) is 30.4 Å². The van der Waals surface area contributed by atoms with Gasteiger partial charge in [0.25, 0.3) is 0 Å². The van der Waals surface area contributed by atoms with Crippen molar-refractivity contribution in [1.29, 1.82) is 5.41 Å². The van der Waals surface area contributed by atoms with E-state index in [1.165, 1.54) is 72.8 Å². The highest BCUT2D eigenvalue weighted by Crippen LogP contribution is 2.29. The molecule has 128 valence electrons. The molecule has 0 aliphatic heterocycles. The summed E-state index contributed by atoms with van der Waals surface area (Å²) in [7, 11) is 0. The number of benzene rings is 2. The van der Waals surface area contributed by atoms with E-state index in [9.17, 15) is 0 Å². The topological polar surface area (TPSA) is 23.9 Å². The van der Waals surface area contributed by atoms with Crippen LogP contribution in [0.2, 0.25) is 0 Å². The maximum absolute atomic E-state index is 8.89. The van der Waals surface area contributed by atoms with Gasteiger partial charge in [0.2, 0.25) is 0 Å². The molecule has 0 heterocycles. The lowest BCUT2D eigenvalue weighted by Gasteiger charge is -2.20. The van der Waals surface area contributed by atoms with Gasteiger partial charge in [-0.2, -0.15) is 0 Å². The van der Waals surface area contributed by atoms with Crippen LogP contribution in [0.25, 0.3) is 6.08 Å². The molecule has 1 nitrogen and oxygen atoms in total. The zero-order valence-corrected chi connectivity index (χ0v) is 15.2. The molecule has 4 rings (SSSR count). The summed E-state index contributed by atoms with van der Waals surface area (Å²) in [6.45, 7) is 2.06. The number of rotatable bonds is 3. The molecule has 2 aromatic rings. The Labute approximate surface area is 151 Å². The van der Waals surface area contributed by atoms with Gasteiger partial charge in [0, 0.05) is 11.1 Å². The second-order valence-electron chi connectivity index (χ2n) is 7.48. The molecule has 0 bridgehead atoms. The summed E-state index contributed by atoms with van der Waals surface area (Å²) >= 11 is 0. The van der Waals surface area contributed by atoms with Crippen LogP contribution < -0.4 is 0 Å². The third-order valence-electron chi connectivity index (χ3n) is 5.77. The lowest BCUT2D eigenvalue weighted by molar-refractivity contribution is 0.685. The summed E-state index contributed by atoms with van der Waals surface area (Å²) in [5.41, 5.74) is 9.93. The van der Waals surface area contributed by atoms with Crippen molar-refractivity contribution < 1.29 is 0 Å². The van der Waals surface area contributed by atoms with E-state index in [0.717, 1.165) is 17.5 Å². The predicted octanol–water partition coefficient (Wildman–Crippen LogP) is 5.89. The van der Waals surface area contributed by atoms with Gasteiger partial charge in [0.1, 0.15) is 0 Å². The minimum absolute atomic E-state index is 0.676. The third-order valence-corrected chi connectivity index (χ3v) is 5.77. The second kappa shape index (κ2) is 7.00. The summed E-state index contributed by atoms with van der Waals surface area (Å²) in [5, 5.41) is 8.89. The van der Waals surface area contributed by atoms with Gasteiger partial charge < -0.3 is 0 Å². The van der Waals surface area contributed by atoms with Crippen molar-refractivity contribution in [2.24, 2.45) is 0 Å².